The molecule has 7 rings (SSSR count). The van der Waals surface area contributed by atoms with E-state index in [0.717, 1.165) is 70.3 Å². The van der Waals surface area contributed by atoms with Crippen LogP contribution in [0.25, 0.3) is 10.8 Å². The van der Waals surface area contributed by atoms with E-state index < -0.39 is 23.8 Å². The fraction of sp³-hybridized carbons (Fsp3) is 0.460. The van der Waals surface area contributed by atoms with Gasteiger partial charge in [-0.3, -0.25) is 9.88 Å². The van der Waals surface area contributed by atoms with Crippen LogP contribution >= 0.6 is 0 Å². The number of allylic oxidation sites excluding steroid dienone is 1. The molecule has 1 saturated carbocycles. The molecule has 2 heterocycles. The van der Waals surface area contributed by atoms with Crippen LogP contribution in [0, 0.1) is 24.7 Å². The first-order valence-corrected chi connectivity index (χ1v) is 22.0. The summed E-state index contributed by atoms with van der Waals surface area (Å²) in [5.41, 5.74) is 5.40. The molecule has 0 unspecified atom stereocenters. The lowest BCUT2D eigenvalue weighted by molar-refractivity contribution is -0.256. The number of ether oxygens (including phenoxy) is 4. The molecule has 2 N–H and O–H groups in total. The minimum atomic E-state index is -1.42. The van der Waals surface area contributed by atoms with E-state index in [1.165, 1.54) is 0 Å². The third-order valence-electron chi connectivity index (χ3n) is 12.4. The first-order chi connectivity index (χ1) is 29.8. The Hall–Kier alpha value is -5.23. The minimum Gasteiger partial charge on any atom is -0.487 e. The number of rotatable bonds is 20. The number of amides is 1. The van der Waals surface area contributed by atoms with E-state index in [0.29, 0.717) is 37.6 Å². The van der Waals surface area contributed by atoms with Crippen LogP contribution in [0.2, 0.25) is 0 Å². The molecule has 1 aliphatic heterocycles. The lowest BCUT2D eigenvalue weighted by atomic mass is 9.55. The zero-order chi connectivity index (χ0) is 42.8. The van der Waals surface area contributed by atoms with Crippen LogP contribution in [0.1, 0.15) is 87.2 Å². The van der Waals surface area contributed by atoms with E-state index in [9.17, 15) is 15.0 Å². The summed E-state index contributed by atoms with van der Waals surface area (Å²) >= 11 is 0. The maximum atomic E-state index is 14.6. The average Bonchev–Trinajstić information content (AvgIpc) is 3.27. The molecule has 61 heavy (non-hydrogen) atoms. The van der Waals surface area contributed by atoms with Crippen molar-refractivity contribution < 1.29 is 38.8 Å². The third-order valence-corrected chi connectivity index (χ3v) is 12.4. The molecular weight excluding hydrogens is 771 g/mol. The predicted molar refractivity (Wildman–Crippen MR) is 236 cm³/mol. The molecule has 3 aliphatic rings. The van der Waals surface area contributed by atoms with E-state index >= 15 is 0 Å². The van der Waals surface area contributed by atoms with Crippen molar-refractivity contribution in [1.82, 2.24) is 9.88 Å². The minimum absolute atomic E-state index is 0.0724. The molecule has 1 fully saturated rings. The van der Waals surface area contributed by atoms with Crippen LogP contribution in [-0.2, 0) is 27.5 Å². The molecule has 0 spiro atoms. The summed E-state index contributed by atoms with van der Waals surface area (Å²) in [5, 5.41) is 26.8. The quantitative estimate of drug-likeness (QED) is 0.0508. The van der Waals surface area contributed by atoms with E-state index in [4.69, 9.17) is 28.9 Å². The first-order valence-electron chi connectivity index (χ1n) is 22.0. The second kappa shape index (κ2) is 20.6. The number of nitrogens with zero attached hydrogens (tertiary/aromatic N) is 3. The number of aliphatic hydroxyl groups is 2. The lowest BCUT2D eigenvalue weighted by Gasteiger charge is -2.59. The summed E-state index contributed by atoms with van der Waals surface area (Å²) < 4.78 is 26.9. The number of aliphatic hydroxyl groups excluding tert-OH is 2. The maximum absolute atomic E-state index is 14.6. The summed E-state index contributed by atoms with van der Waals surface area (Å²) in [4.78, 5) is 26.9. The van der Waals surface area contributed by atoms with E-state index in [1.807, 2.05) is 69.3 Å². The van der Waals surface area contributed by atoms with Crippen LogP contribution in [-0.4, -0.2) is 76.8 Å². The first kappa shape index (κ1) is 43.8. The van der Waals surface area contributed by atoms with Crippen LogP contribution < -0.4 is 9.47 Å². The summed E-state index contributed by atoms with van der Waals surface area (Å²) in [6.45, 7) is 11.2. The molecule has 324 valence electrons. The molecule has 11 heteroatoms. The van der Waals surface area contributed by atoms with Gasteiger partial charge in [-0.25, -0.2) is 4.79 Å². The second-order valence-electron chi connectivity index (χ2n) is 16.2. The number of pyridine rings is 1. The molecule has 3 aromatic carbocycles. The smallest absolute Gasteiger partial charge is 0.410 e. The third kappa shape index (κ3) is 9.49. The van der Waals surface area contributed by atoms with Crippen LogP contribution in [0.15, 0.2) is 108 Å². The molecule has 1 amide bonds. The monoisotopic (exact) mass is 831 g/mol. The fourth-order valence-corrected chi connectivity index (χ4v) is 9.84. The summed E-state index contributed by atoms with van der Waals surface area (Å²) in [6.07, 6.45) is 8.55. The molecule has 0 radical (unpaired) electrons. The Morgan fingerprint density at radius 2 is 1.77 bits per heavy atom. The Labute approximate surface area is 360 Å². The van der Waals surface area contributed by atoms with Crippen molar-refractivity contribution in [2.75, 3.05) is 33.0 Å². The number of aryl methyl sites for hydroxylation is 1. The fourth-order valence-electron chi connectivity index (χ4n) is 9.84. The van der Waals surface area contributed by atoms with Gasteiger partial charge in [0.15, 0.2) is 0 Å². The van der Waals surface area contributed by atoms with Crippen molar-refractivity contribution >= 4 is 22.6 Å². The van der Waals surface area contributed by atoms with Gasteiger partial charge in [0.05, 0.1) is 37.1 Å². The zero-order valence-electron chi connectivity index (χ0n) is 35.8. The van der Waals surface area contributed by atoms with Gasteiger partial charge in [-0.2, -0.15) is 0 Å². The van der Waals surface area contributed by atoms with Crippen molar-refractivity contribution in [3.05, 3.63) is 126 Å². The van der Waals surface area contributed by atoms with Gasteiger partial charge in [0.25, 0.3) is 0 Å². The zero-order valence-corrected chi connectivity index (χ0v) is 35.8. The molecule has 2 aliphatic carbocycles. The van der Waals surface area contributed by atoms with Crippen molar-refractivity contribution in [1.29, 1.82) is 0 Å². The van der Waals surface area contributed by atoms with Crippen LogP contribution in [0.4, 0.5) is 4.79 Å². The van der Waals surface area contributed by atoms with Gasteiger partial charge in [0, 0.05) is 36.8 Å². The Balaban J connectivity index is 1.44. The topological polar surface area (TPSA) is 132 Å². The Morgan fingerprint density at radius 3 is 2.54 bits per heavy atom. The van der Waals surface area contributed by atoms with E-state index in [2.05, 4.69) is 48.0 Å². The van der Waals surface area contributed by atoms with Crippen LogP contribution in [0.3, 0.4) is 0 Å². The van der Waals surface area contributed by atoms with Crippen molar-refractivity contribution in [3.63, 3.8) is 0 Å². The highest BCUT2D eigenvalue weighted by Crippen LogP contribution is 2.62. The summed E-state index contributed by atoms with van der Waals surface area (Å²) in [6, 6.07) is 25.5. The van der Waals surface area contributed by atoms with Gasteiger partial charge in [-0.1, -0.05) is 78.7 Å². The molecule has 6 atom stereocenters. The average molecular weight is 832 g/mol. The Bertz CT molecular complexity index is 2180. The molecular formula is C50H61N3O8. The second-order valence-corrected chi connectivity index (χ2v) is 16.2. The van der Waals surface area contributed by atoms with Gasteiger partial charge in [0.1, 0.15) is 30.8 Å². The number of carbonyl (C=O) groups excluding carboxylic acids is 1. The van der Waals surface area contributed by atoms with Gasteiger partial charge >= 0.3 is 6.09 Å². The number of hydrogen-bond donors (Lipinski definition) is 2. The van der Waals surface area contributed by atoms with Gasteiger partial charge in [0.2, 0.25) is 5.79 Å². The number of benzene rings is 3. The number of unbranched alkanes of at least 4 members (excludes halogenated alkanes) is 2. The molecule has 11 nitrogen and oxygen atoms in total. The molecule has 0 bridgehead atoms. The molecule has 4 aromatic rings. The lowest BCUT2D eigenvalue weighted by Crippen LogP contribution is -2.70. The Morgan fingerprint density at radius 1 is 0.984 bits per heavy atom. The highest BCUT2D eigenvalue weighted by atomic mass is 16.7. The standard InChI is InChI=1S/C50H61N3O8/c1-5-28-59-50-46(53(49(56)57-6-2)32-37-20-15-19-35-17-8-9-22-40(35)37)31-44(52-60-7-3)42-29-36(18-10-12-26-54)41(23-11-13-27-55)47(48(42)50)43-30-39(24-25-45(43)61-50)58-33-38-21-14-16-34(4)51-38/h5,8-9,14-17,19-22,24-25,29-30,36,41,46-48,54-55H,1,6-7,10-13,18,23,26-28,31-33H2,2-4H3/t36-,41+,46-,47+,48+,50+/m0/s1. The molecule has 1 aromatic heterocycles. The largest absolute Gasteiger partial charge is 0.487 e. The predicted octanol–water partition coefficient (Wildman–Crippen LogP) is 9.43. The number of oxime groups is 1. The number of carbonyl (C=O) groups is 1. The maximum Gasteiger partial charge on any atom is 0.410 e. The summed E-state index contributed by atoms with van der Waals surface area (Å²) in [5.74, 6) is -0.550. The number of fused-ring (bicyclic) bond motifs is 3. The molecule has 0 saturated heterocycles. The van der Waals surface area contributed by atoms with Crippen LogP contribution in [0.5, 0.6) is 11.5 Å². The van der Waals surface area contributed by atoms with Gasteiger partial charge in [-0.05, 0) is 111 Å². The highest BCUT2D eigenvalue weighted by molar-refractivity contribution is 6.03. The van der Waals surface area contributed by atoms with Crippen molar-refractivity contribution in [3.8, 4) is 11.5 Å². The number of hydrogen-bond acceptors (Lipinski definition) is 10. The highest BCUT2D eigenvalue weighted by Gasteiger charge is 2.65. The van der Waals surface area contributed by atoms with Gasteiger partial charge < -0.3 is 34.0 Å². The van der Waals surface area contributed by atoms with E-state index in [-0.39, 0.29) is 57.1 Å². The Kier molecular flexibility index (Phi) is 14.8. The number of aromatic nitrogens is 1. The SMILES string of the molecule is C=CCO[C@@]12Oc3ccc(OCc4cccc(C)n4)cc3[C@H]3[C@H](CCCCO)[C@@H](CCCCO)C=C(C(=NOCC)C[C@@H]1N(Cc1cccc4ccccc14)C(=O)OCC)[C@H]32. The van der Waals surface area contributed by atoms with E-state index in [1.54, 1.807) is 11.0 Å². The summed E-state index contributed by atoms with van der Waals surface area (Å²) in [7, 11) is 0. The van der Waals surface area contributed by atoms with Gasteiger partial charge in [-0.15, -0.1) is 6.58 Å². The van der Waals surface area contributed by atoms with Crippen molar-refractivity contribution in [2.24, 2.45) is 22.9 Å². The van der Waals surface area contributed by atoms with Crippen molar-refractivity contribution in [2.45, 2.75) is 96.6 Å². The normalized spacial score (nSPS) is 23.3.